The summed E-state index contributed by atoms with van der Waals surface area (Å²) in [6, 6.07) is 4.66. The van der Waals surface area contributed by atoms with Crippen molar-refractivity contribution < 1.29 is 13.9 Å². The standard InChI is InChI=1S/C11H13BrFNO2/c1-16-10(15)5-7(6-14)11-8(12)3-2-4-9(11)13/h2-4,7H,5-6,14H2,1H3. The lowest BCUT2D eigenvalue weighted by Crippen LogP contribution is -2.18. The summed E-state index contributed by atoms with van der Waals surface area (Å²) in [5, 5.41) is 0. The highest BCUT2D eigenvalue weighted by Gasteiger charge is 2.20. The van der Waals surface area contributed by atoms with Crippen molar-refractivity contribution in [1.82, 2.24) is 0 Å². The second kappa shape index (κ2) is 5.96. The number of methoxy groups -OCH3 is 1. The van der Waals surface area contributed by atoms with Crippen LogP contribution in [-0.2, 0) is 9.53 Å². The normalized spacial score (nSPS) is 12.2. The molecule has 5 heteroatoms. The molecule has 0 aromatic heterocycles. The van der Waals surface area contributed by atoms with Crippen molar-refractivity contribution in [1.29, 1.82) is 0 Å². The minimum atomic E-state index is -0.398. The Morgan fingerprint density at radius 3 is 2.81 bits per heavy atom. The number of carbonyl (C=O) groups is 1. The van der Waals surface area contributed by atoms with Crippen LogP contribution in [0.1, 0.15) is 17.9 Å². The predicted octanol–water partition coefficient (Wildman–Crippen LogP) is 2.19. The molecule has 1 unspecified atom stereocenters. The van der Waals surface area contributed by atoms with Gasteiger partial charge in [-0.2, -0.15) is 0 Å². The van der Waals surface area contributed by atoms with Crippen LogP contribution >= 0.6 is 15.9 Å². The first kappa shape index (κ1) is 13.1. The fourth-order valence-corrected chi connectivity index (χ4v) is 2.15. The van der Waals surface area contributed by atoms with Gasteiger partial charge in [0.1, 0.15) is 5.82 Å². The maximum atomic E-state index is 13.6. The Kier molecular flexibility index (Phi) is 4.89. The Balaban J connectivity index is 2.99. The van der Waals surface area contributed by atoms with Crippen LogP contribution in [0.4, 0.5) is 4.39 Å². The molecule has 1 rings (SSSR count). The number of halogens is 2. The van der Waals surface area contributed by atoms with Crippen LogP contribution in [0.3, 0.4) is 0 Å². The molecule has 0 saturated carbocycles. The second-order valence-electron chi connectivity index (χ2n) is 3.35. The maximum absolute atomic E-state index is 13.6. The van der Waals surface area contributed by atoms with E-state index < -0.39 is 5.97 Å². The third kappa shape index (κ3) is 3.02. The molecule has 3 nitrogen and oxygen atoms in total. The molecule has 0 radical (unpaired) electrons. The van der Waals surface area contributed by atoms with Crippen molar-refractivity contribution in [3.05, 3.63) is 34.1 Å². The highest BCUT2D eigenvalue weighted by molar-refractivity contribution is 9.10. The molecular weight excluding hydrogens is 277 g/mol. The Morgan fingerprint density at radius 1 is 1.62 bits per heavy atom. The van der Waals surface area contributed by atoms with Crippen molar-refractivity contribution in [2.24, 2.45) is 5.73 Å². The van der Waals surface area contributed by atoms with E-state index in [1.807, 2.05) is 0 Å². The molecule has 0 amide bonds. The average Bonchev–Trinajstić information content (AvgIpc) is 2.27. The van der Waals surface area contributed by atoms with E-state index in [1.54, 1.807) is 12.1 Å². The molecule has 0 aliphatic rings. The summed E-state index contributed by atoms with van der Waals surface area (Å²) in [7, 11) is 1.30. The smallest absolute Gasteiger partial charge is 0.306 e. The van der Waals surface area contributed by atoms with Gasteiger partial charge in [0.15, 0.2) is 0 Å². The zero-order valence-corrected chi connectivity index (χ0v) is 10.5. The number of carbonyl (C=O) groups excluding carboxylic acids is 1. The van der Waals surface area contributed by atoms with Gasteiger partial charge in [-0.15, -0.1) is 0 Å². The van der Waals surface area contributed by atoms with Gasteiger partial charge in [-0.05, 0) is 18.7 Å². The fourth-order valence-electron chi connectivity index (χ4n) is 1.49. The Labute approximate surface area is 102 Å². The van der Waals surface area contributed by atoms with Gasteiger partial charge in [-0.25, -0.2) is 4.39 Å². The van der Waals surface area contributed by atoms with Crippen LogP contribution in [0.2, 0.25) is 0 Å². The minimum Gasteiger partial charge on any atom is -0.469 e. The van der Waals surface area contributed by atoms with Gasteiger partial charge in [0.25, 0.3) is 0 Å². The number of hydrogen-bond acceptors (Lipinski definition) is 3. The highest BCUT2D eigenvalue weighted by atomic mass is 79.9. The van der Waals surface area contributed by atoms with Gasteiger partial charge in [-0.3, -0.25) is 4.79 Å². The quantitative estimate of drug-likeness (QED) is 0.865. The number of hydrogen-bond donors (Lipinski definition) is 1. The third-order valence-corrected chi connectivity index (χ3v) is 3.02. The molecule has 0 fully saturated rings. The molecular formula is C11H13BrFNO2. The Morgan fingerprint density at radius 2 is 2.31 bits per heavy atom. The topological polar surface area (TPSA) is 52.3 Å². The van der Waals surface area contributed by atoms with E-state index >= 15 is 0 Å². The highest BCUT2D eigenvalue weighted by Crippen LogP contribution is 2.29. The van der Waals surface area contributed by atoms with E-state index in [2.05, 4.69) is 20.7 Å². The van der Waals surface area contributed by atoms with Gasteiger partial charge >= 0.3 is 5.97 Å². The number of rotatable bonds is 4. The predicted molar refractivity (Wildman–Crippen MR) is 62.5 cm³/mol. The van der Waals surface area contributed by atoms with Gasteiger partial charge in [0.2, 0.25) is 0 Å². The molecule has 88 valence electrons. The van der Waals surface area contributed by atoms with E-state index in [0.29, 0.717) is 10.0 Å². The minimum absolute atomic E-state index is 0.0759. The Bertz CT molecular complexity index is 364. The van der Waals surface area contributed by atoms with E-state index in [0.717, 1.165) is 0 Å². The summed E-state index contributed by atoms with van der Waals surface area (Å²) in [6.07, 6.45) is 0.0759. The van der Waals surface area contributed by atoms with Crippen molar-refractivity contribution in [2.45, 2.75) is 12.3 Å². The molecule has 16 heavy (non-hydrogen) atoms. The summed E-state index contributed by atoms with van der Waals surface area (Å²) in [5.41, 5.74) is 5.98. The summed E-state index contributed by atoms with van der Waals surface area (Å²) in [6.45, 7) is 0.189. The van der Waals surface area contributed by atoms with E-state index in [4.69, 9.17) is 5.73 Å². The summed E-state index contributed by atoms with van der Waals surface area (Å²) >= 11 is 3.25. The summed E-state index contributed by atoms with van der Waals surface area (Å²) in [4.78, 5) is 11.2. The van der Waals surface area contributed by atoms with Crippen LogP contribution in [0.15, 0.2) is 22.7 Å². The first-order valence-electron chi connectivity index (χ1n) is 4.81. The zero-order valence-electron chi connectivity index (χ0n) is 8.87. The fraction of sp³-hybridized carbons (Fsp3) is 0.364. The van der Waals surface area contributed by atoms with Crippen LogP contribution in [-0.4, -0.2) is 19.6 Å². The lowest BCUT2D eigenvalue weighted by molar-refractivity contribution is -0.141. The number of benzene rings is 1. The number of nitrogens with two attached hydrogens (primary N) is 1. The second-order valence-corrected chi connectivity index (χ2v) is 4.20. The van der Waals surface area contributed by atoms with Crippen molar-refractivity contribution in [3.8, 4) is 0 Å². The molecule has 0 bridgehead atoms. The zero-order chi connectivity index (χ0) is 12.1. The van der Waals surface area contributed by atoms with E-state index in [9.17, 15) is 9.18 Å². The maximum Gasteiger partial charge on any atom is 0.306 e. The average molecular weight is 290 g/mol. The molecule has 0 heterocycles. The van der Waals surface area contributed by atoms with Crippen molar-refractivity contribution >= 4 is 21.9 Å². The van der Waals surface area contributed by atoms with Crippen LogP contribution < -0.4 is 5.73 Å². The van der Waals surface area contributed by atoms with Gasteiger partial charge in [0.05, 0.1) is 13.5 Å². The lowest BCUT2D eigenvalue weighted by atomic mass is 9.95. The molecule has 0 aliphatic heterocycles. The van der Waals surface area contributed by atoms with Crippen molar-refractivity contribution in [2.75, 3.05) is 13.7 Å². The largest absolute Gasteiger partial charge is 0.469 e. The lowest BCUT2D eigenvalue weighted by Gasteiger charge is -2.16. The molecule has 1 aromatic rings. The molecule has 1 atom stereocenters. The Hall–Kier alpha value is -0.940. The number of esters is 1. The number of ether oxygens (including phenoxy) is 1. The van der Waals surface area contributed by atoms with E-state index in [-0.39, 0.29) is 24.7 Å². The third-order valence-electron chi connectivity index (χ3n) is 2.33. The summed E-state index contributed by atoms with van der Waals surface area (Å²) < 4.78 is 18.8. The van der Waals surface area contributed by atoms with Gasteiger partial charge < -0.3 is 10.5 Å². The molecule has 0 aliphatic carbocycles. The van der Waals surface area contributed by atoms with Crippen molar-refractivity contribution in [3.63, 3.8) is 0 Å². The van der Waals surface area contributed by atoms with Gasteiger partial charge in [-0.1, -0.05) is 22.0 Å². The molecule has 2 N–H and O–H groups in total. The molecule has 1 aromatic carbocycles. The van der Waals surface area contributed by atoms with Crippen LogP contribution in [0.25, 0.3) is 0 Å². The SMILES string of the molecule is COC(=O)CC(CN)c1c(F)cccc1Br. The van der Waals surface area contributed by atoms with Crippen LogP contribution in [0.5, 0.6) is 0 Å². The molecule has 0 spiro atoms. The first-order chi connectivity index (χ1) is 7.60. The van der Waals surface area contributed by atoms with E-state index in [1.165, 1.54) is 13.2 Å². The molecule has 0 saturated heterocycles. The summed E-state index contributed by atoms with van der Waals surface area (Å²) in [5.74, 6) is -1.14. The van der Waals surface area contributed by atoms with Gasteiger partial charge in [0, 0.05) is 16.0 Å². The first-order valence-corrected chi connectivity index (χ1v) is 5.60. The monoisotopic (exact) mass is 289 g/mol. The van der Waals surface area contributed by atoms with Crippen LogP contribution in [0, 0.1) is 5.82 Å².